The van der Waals surface area contributed by atoms with Gasteiger partial charge in [-0.15, -0.1) is 0 Å². The maximum absolute atomic E-state index is 8.61. The summed E-state index contributed by atoms with van der Waals surface area (Å²) in [6.07, 6.45) is 3.38. The molecule has 0 aliphatic heterocycles. The van der Waals surface area contributed by atoms with Crippen molar-refractivity contribution >= 4 is 7.12 Å². The van der Waals surface area contributed by atoms with Gasteiger partial charge in [-0.1, -0.05) is 36.8 Å². The Morgan fingerprint density at radius 3 is 2.31 bits per heavy atom. The van der Waals surface area contributed by atoms with E-state index in [1.54, 1.807) is 0 Å². The van der Waals surface area contributed by atoms with Crippen LogP contribution in [0, 0.1) is 0 Å². The van der Waals surface area contributed by atoms with Crippen LogP contribution in [0.25, 0.3) is 0 Å². The highest BCUT2D eigenvalue weighted by Crippen LogP contribution is 2.06. The Hall–Kier alpha value is -0.795. The summed E-state index contributed by atoms with van der Waals surface area (Å²) in [6, 6.07) is 10.2. The van der Waals surface area contributed by atoms with Crippen LogP contribution in [0.5, 0.6) is 0 Å². The number of rotatable bonds is 5. The molecule has 1 rings (SSSR count). The van der Waals surface area contributed by atoms with Gasteiger partial charge < -0.3 is 10.0 Å². The van der Waals surface area contributed by atoms with E-state index >= 15 is 0 Å². The fraction of sp³-hybridized carbons (Fsp3) is 0.400. The van der Waals surface area contributed by atoms with E-state index in [2.05, 4.69) is 12.1 Å². The summed E-state index contributed by atoms with van der Waals surface area (Å²) in [6.45, 7) is 0. The molecule has 0 saturated carbocycles. The Kier molecular flexibility index (Phi) is 4.58. The van der Waals surface area contributed by atoms with Gasteiger partial charge in [0.1, 0.15) is 0 Å². The Bertz CT molecular complexity index is 224. The molecule has 3 heteroatoms. The van der Waals surface area contributed by atoms with Crippen LogP contribution in [0.1, 0.15) is 18.4 Å². The van der Waals surface area contributed by atoms with Crippen LogP contribution in [0.15, 0.2) is 30.3 Å². The standard InChI is InChI=1S/C10H15BO2/c12-11(13)9-5-4-8-10-6-2-1-3-7-10/h1-3,6-7,12-13H,4-5,8-9H2. The summed E-state index contributed by atoms with van der Waals surface area (Å²) in [5.74, 6) is 0. The molecule has 0 unspecified atom stereocenters. The van der Waals surface area contributed by atoms with Crippen molar-refractivity contribution in [2.24, 2.45) is 0 Å². The molecule has 1 aromatic carbocycles. The van der Waals surface area contributed by atoms with Crippen LogP contribution >= 0.6 is 0 Å². The molecule has 0 bridgehead atoms. The molecule has 70 valence electrons. The molecule has 13 heavy (non-hydrogen) atoms. The second-order valence-corrected chi connectivity index (χ2v) is 3.21. The van der Waals surface area contributed by atoms with Crippen LogP contribution in [0.4, 0.5) is 0 Å². The van der Waals surface area contributed by atoms with Crippen molar-refractivity contribution in [3.63, 3.8) is 0 Å². The van der Waals surface area contributed by atoms with E-state index in [1.807, 2.05) is 18.2 Å². The first-order valence-corrected chi connectivity index (χ1v) is 4.69. The predicted molar refractivity (Wildman–Crippen MR) is 54.4 cm³/mol. The van der Waals surface area contributed by atoms with Gasteiger partial charge in [-0.3, -0.25) is 0 Å². The van der Waals surface area contributed by atoms with Gasteiger partial charge in [0.05, 0.1) is 0 Å². The normalized spacial score (nSPS) is 10.0. The second-order valence-electron chi connectivity index (χ2n) is 3.21. The smallest absolute Gasteiger partial charge is 0.427 e. The molecule has 0 fully saturated rings. The van der Waals surface area contributed by atoms with Crippen molar-refractivity contribution in [2.45, 2.75) is 25.6 Å². The van der Waals surface area contributed by atoms with Gasteiger partial charge in [0.25, 0.3) is 0 Å². The van der Waals surface area contributed by atoms with Crippen LogP contribution in [0.2, 0.25) is 6.32 Å². The SMILES string of the molecule is OB(O)CCCCc1ccccc1. The quantitative estimate of drug-likeness (QED) is 0.529. The molecular formula is C10H15BO2. The minimum absolute atomic E-state index is 0.479. The maximum Gasteiger partial charge on any atom is 0.451 e. The predicted octanol–water partition coefficient (Wildman–Crippen LogP) is 1.48. The monoisotopic (exact) mass is 178 g/mol. The molecule has 0 atom stereocenters. The summed E-state index contributed by atoms with van der Waals surface area (Å²) in [7, 11) is -1.14. The number of benzene rings is 1. The Morgan fingerprint density at radius 2 is 1.69 bits per heavy atom. The summed E-state index contributed by atoms with van der Waals surface area (Å²) in [5, 5.41) is 17.2. The van der Waals surface area contributed by atoms with Crippen molar-refractivity contribution in [1.82, 2.24) is 0 Å². The van der Waals surface area contributed by atoms with Gasteiger partial charge >= 0.3 is 7.12 Å². The number of unbranched alkanes of at least 4 members (excludes halogenated alkanes) is 1. The zero-order chi connectivity index (χ0) is 9.52. The highest BCUT2D eigenvalue weighted by molar-refractivity contribution is 6.40. The molecule has 0 amide bonds. The van der Waals surface area contributed by atoms with Crippen LogP contribution in [-0.4, -0.2) is 17.2 Å². The third kappa shape index (κ3) is 4.71. The first-order valence-electron chi connectivity index (χ1n) is 4.69. The Labute approximate surface area is 79.4 Å². The van der Waals surface area contributed by atoms with E-state index in [-0.39, 0.29) is 0 Å². The number of hydrogen-bond acceptors (Lipinski definition) is 2. The van der Waals surface area contributed by atoms with E-state index in [9.17, 15) is 0 Å². The lowest BCUT2D eigenvalue weighted by molar-refractivity contribution is 0.402. The molecular weight excluding hydrogens is 163 g/mol. The molecule has 1 aromatic rings. The molecule has 0 radical (unpaired) electrons. The van der Waals surface area contributed by atoms with Crippen molar-refractivity contribution in [3.05, 3.63) is 35.9 Å². The third-order valence-electron chi connectivity index (χ3n) is 2.02. The Morgan fingerprint density at radius 1 is 1.00 bits per heavy atom. The van der Waals surface area contributed by atoms with Crippen LogP contribution in [0.3, 0.4) is 0 Å². The van der Waals surface area contributed by atoms with E-state index in [1.165, 1.54) is 5.56 Å². The zero-order valence-corrected chi connectivity index (χ0v) is 7.69. The minimum Gasteiger partial charge on any atom is -0.427 e. The van der Waals surface area contributed by atoms with Gasteiger partial charge in [-0.25, -0.2) is 0 Å². The van der Waals surface area contributed by atoms with Gasteiger partial charge in [0.15, 0.2) is 0 Å². The molecule has 0 aliphatic carbocycles. The average molecular weight is 178 g/mol. The lowest BCUT2D eigenvalue weighted by atomic mass is 9.83. The fourth-order valence-corrected chi connectivity index (χ4v) is 1.30. The fourth-order valence-electron chi connectivity index (χ4n) is 1.30. The van der Waals surface area contributed by atoms with Gasteiger partial charge in [-0.2, -0.15) is 0 Å². The zero-order valence-electron chi connectivity index (χ0n) is 7.69. The maximum atomic E-state index is 8.61. The van der Waals surface area contributed by atoms with Crippen molar-refractivity contribution in [1.29, 1.82) is 0 Å². The van der Waals surface area contributed by atoms with E-state index in [0.29, 0.717) is 6.32 Å². The molecule has 0 saturated heterocycles. The average Bonchev–Trinajstić information content (AvgIpc) is 2.14. The van der Waals surface area contributed by atoms with Crippen LogP contribution < -0.4 is 0 Å². The van der Waals surface area contributed by atoms with E-state index in [0.717, 1.165) is 19.3 Å². The lowest BCUT2D eigenvalue weighted by Gasteiger charge is -2.00. The molecule has 0 spiro atoms. The molecule has 2 nitrogen and oxygen atoms in total. The molecule has 2 N–H and O–H groups in total. The highest BCUT2D eigenvalue weighted by atomic mass is 16.4. The van der Waals surface area contributed by atoms with Crippen molar-refractivity contribution in [3.8, 4) is 0 Å². The highest BCUT2D eigenvalue weighted by Gasteiger charge is 2.04. The van der Waals surface area contributed by atoms with Crippen molar-refractivity contribution in [2.75, 3.05) is 0 Å². The number of hydrogen-bond donors (Lipinski definition) is 2. The second kappa shape index (κ2) is 5.78. The first kappa shape index (κ1) is 10.3. The lowest BCUT2D eigenvalue weighted by Crippen LogP contribution is -2.09. The van der Waals surface area contributed by atoms with Crippen LogP contribution in [-0.2, 0) is 6.42 Å². The van der Waals surface area contributed by atoms with E-state index < -0.39 is 7.12 Å². The molecule has 0 aliphatic rings. The topological polar surface area (TPSA) is 40.5 Å². The van der Waals surface area contributed by atoms with E-state index in [4.69, 9.17) is 10.0 Å². The van der Waals surface area contributed by atoms with Crippen molar-refractivity contribution < 1.29 is 10.0 Å². The van der Waals surface area contributed by atoms with Gasteiger partial charge in [-0.05, 0) is 24.7 Å². The van der Waals surface area contributed by atoms with Gasteiger partial charge in [0.2, 0.25) is 0 Å². The summed E-state index contributed by atoms with van der Waals surface area (Å²) < 4.78 is 0. The minimum atomic E-state index is -1.14. The van der Waals surface area contributed by atoms with Gasteiger partial charge in [0, 0.05) is 0 Å². The summed E-state index contributed by atoms with van der Waals surface area (Å²) in [4.78, 5) is 0. The summed E-state index contributed by atoms with van der Waals surface area (Å²) in [5.41, 5.74) is 1.31. The molecule has 0 heterocycles. The summed E-state index contributed by atoms with van der Waals surface area (Å²) >= 11 is 0. The Balaban J connectivity index is 2.13. The number of aryl methyl sites for hydroxylation is 1. The first-order chi connectivity index (χ1) is 6.29. The third-order valence-corrected chi connectivity index (χ3v) is 2.02. The molecule has 0 aromatic heterocycles. The largest absolute Gasteiger partial charge is 0.451 e.